The lowest BCUT2D eigenvalue weighted by atomic mass is 9.94. The molecule has 3 fully saturated rings. The van der Waals surface area contributed by atoms with Crippen LogP contribution in [0, 0.1) is 5.92 Å². The Morgan fingerprint density at radius 2 is 1.60 bits per heavy atom. The summed E-state index contributed by atoms with van der Waals surface area (Å²) in [6.07, 6.45) is 8.04. The molecule has 0 unspecified atom stereocenters. The molecular formula is C19H34N4O2. The van der Waals surface area contributed by atoms with Crippen molar-refractivity contribution in [2.45, 2.75) is 51.0 Å². The number of carbonyl (C=O) groups excluding carboxylic acids is 2. The molecule has 2 saturated heterocycles. The van der Waals surface area contributed by atoms with Crippen molar-refractivity contribution in [3.05, 3.63) is 0 Å². The van der Waals surface area contributed by atoms with Gasteiger partial charge >= 0.3 is 0 Å². The number of piperidine rings is 1. The summed E-state index contributed by atoms with van der Waals surface area (Å²) < 4.78 is 0. The van der Waals surface area contributed by atoms with E-state index < -0.39 is 0 Å². The highest BCUT2D eigenvalue weighted by atomic mass is 16.2. The van der Waals surface area contributed by atoms with Gasteiger partial charge in [0.25, 0.3) is 0 Å². The van der Waals surface area contributed by atoms with Crippen molar-refractivity contribution in [3.8, 4) is 0 Å². The number of hydrogen-bond acceptors (Lipinski definition) is 4. The van der Waals surface area contributed by atoms with Crippen LogP contribution >= 0.6 is 0 Å². The minimum atomic E-state index is 0.201. The quantitative estimate of drug-likeness (QED) is 0.819. The molecule has 6 heteroatoms. The van der Waals surface area contributed by atoms with Crippen LogP contribution in [0.3, 0.4) is 0 Å². The van der Waals surface area contributed by atoms with Crippen molar-refractivity contribution in [1.29, 1.82) is 0 Å². The summed E-state index contributed by atoms with van der Waals surface area (Å²) in [6, 6.07) is 0.434. The van der Waals surface area contributed by atoms with E-state index >= 15 is 0 Å². The van der Waals surface area contributed by atoms with Gasteiger partial charge in [-0.05, 0) is 38.8 Å². The van der Waals surface area contributed by atoms with E-state index in [1.165, 1.54) is 19.3 Å². The first-order valence-corrected chi connectivity index (χ1v) is 10.1. The lowest BCUT2D eigenvalue weighted by Crippen LogP contribution is -2.53. The van der Waals surface area contributed by atoms with Crippen molar-refractivity contribution in [2.24, 2.45) is 5.92 Å². The summed E-state index contributed by atoms with van der Waals surface area (Å²) in [5.41, 5.74) is 0. The van der Waals surface area contributed by atoms with Gasteiger partial charge < -0.3 is 15.1 Å². The monoisotopic (exact) mass is 350 g/mol. The van der Waals surface area contributed by atoms with Crippen molar-refractivity contribution in [1.82, 2.24) is 20.0 Å². The van der Waals surface area contributed by atoms with E-state index in [9.17, 15) is 9.59 Å². The van der Waals surface area contributed by atoms with Gasteiger partial charge in [0.15, 0.2) is 0 Å². The molecule has 3 rings (SSSR count). The minimum absolute atomic E-state index is 0.201. The van der Waals surface area contributed by atoms with E-state index in [-0.39, 0.29) is 11.8 Å². The Hall–Kier alpha value is -1.14. The summed E-state index contributed by atoms with van der Waals surface area (Å²) in [4.78, 5) is 31.4. The van der Waals surface area contributed by atoms with E-state index in [1.54, 1.807) is 0 Å². The fraction of sp³-hybridized carbons (Fsp3) is 0.895. The van der Waals surface area contributed by atoms with Crippen LogP contribution in [-0.4, -0.2) is 85.4 Å². The van der Waals surface area contributed by atoms with Crippen LogP contribution in [0.25, 0.3) is 0 Å². The van der Waals surface area contributed by atoms with Crippen molar-refractivity contribution in [3.63, 3.8) is 0 Å². The fourth-order valence-electron chi connectivity index (χ4n) is 4.43. The number of likely N-dealkylation sites (N-methyl/N-ethyl adjacent to an activating group) is 1. The molecule has 2 amide bonds. The van der Waals surface area contributed by atoms with Crippen molar-refractivity contribution in [2.75, 3.05) is 52.9 Å². The Kier molecular flexibility index (Phi) is 6.70. The normalized spacial score (nSPS) is 24.3. The molecule has 0 spiro atoms. The van der Waals surface area contributed by atoms with Gasteiger partial charge in [-0.2, -0.15) is 0 Å². The summed E-state index contributed by atoms with van der Waals surface area (Å²) in [5.74, 6) is 0.767. The lowest BCUT2D eigenvalue weighted by molar-refractivity contribution is -0.139. The van der Waals surface area contributed by atoms with E-state index in [4.69, 9.17) is 0 Å². The molecule has 142 valence electrons. The molecule has 1 aliphatic carbocycles. The second kappa shape index (κ2) is 8.99. The number of carbonyl (C=O) groups is 2. The highest BCUT2D eigenvalue weighted by Gasteiger charge is 2.30. The first-order valence-electron chi connectivity index (χ1n) is 10.1. The molecule has 2 aliphatic heterocycles. The fourth-order valence-corrected chi connectivity index (χ4v) is 4.43. The average molecular weight is 351 g/mol. The van der Waals surface area contributed by atoms with Crippen LogP contribution in [0.2, 0.25) is 0 Å². The van der Waals surface area contributed by atoms with E-state index in [2.05, 4.69) is 10.2 Å². The largest absolute Gasteiger partial charge is 0.342 e. The van der Waals surface area contributed by atoms with Crippen LogP contribution in [0.5, 0.6) is 0 Å². The smallest absolute Gasteiger partial charge is 0.236 e. The summed E-state index contributed by atoms with van der Waals surface area (Å²) in [6.45, 7) is 5.59. The molecule has 0 aromatic rings. The molecule has 25 heavy (non-hydrogen) atoms. The first-order chi connectivity index (χ1) is 12.1. The van der Waals surface area contributed by atoms with Crippen LogP contribution in [0.1, 0.15) is 44.9 Å². The van der Waals surface area contributed by atoms with E-state index in [1.807, 2.05) is 16.8 Å². The number of nitrogens with one attached hydrogen (secondary N) is 1. The zero-order valence-electron chi connectivity index (χ0n) is 15.7. The third-order valence-corrected chi connectivity index (χ3v) is 6.25. The van der Waals surface area contributed by atoms with Crippen molar-refractivity contribution >= 4 is 11.8 Å². The minimum Gasteiger partial charge on any atom is -0.342 e. The third-order valence-electron chi connectivity index (χ3n) is 6.25. The van der Waals surface area contributed by atoms with Crippen LogP contribution in [-0.2, 0) is 9.59 Å². The molecule has 0 bridgehead atoms. The Balaban J connectivity index is 1.41. The van der Waals surface area contributed by atoms with Crippen LogP contribution < -0.4 is 5.32 Å². The highest BCUT2D eigenvalue weighted by molar-refractivity contribution is 5.79. The van der Waals surface area contributed by atoms with Gasteiger partial charge in [-0.15, -0.1) is 0 Å². The first kappa shape index (κ1) is 18.6. The third kappa shape index (κ3) is 4.94. The average Bonchev–Trinajstić information content (AvgIpc) is 2.68. The van der Waals surface area contributed by atoms with Crippen LogP contribution in [0.15, 0.2) is 0 Å². The zero-order chi connectivity index (χ0) is 17.6. The maximum atomic E-state index is 12.6. The Bertz CT molecular complexity index is 450. The summed E-state index contributed by atoms with van der Waals surface area (Å²) >= 11 is 0. The number of rotatable bonds is 4. The molecule has 1 saturated carbocycles. The molecule has 0 radical (unpaired) electrons. The maximum Gasteiger partial charge on any atom is 0.236 e. The SMILES string of the molecule is CN(C(=O)CN1CCN(C(=O)C2CCNCC2)CC1)C1CCCCC1. The highest BCUT2D eigenvalue weighted by Crippen LogP contribution is 2.22. The molecule has 2 heterocycles. The predicted octanol–water partition coefficient (Wildman–Crippen LogP) is 0.921. The number of piperazine rings is 1. The molecule has 0 aromatic carbocycles. The maximum absolute atomic E-state index is 12.6. The topological polar surface area (TPSA) is 55.9 Å². The van der Waals surface area contributed by atoms with Gasteiger partial charge in [0.1, 0.15) is 0 Å². The van der Waals surface area contributed by atoms with Gasteiger partial charge in [-0.3, -0.25) is 14.5 Å². The zero-order valence-corrected chi connectivity index (χ0v) is 15.7. The molecular weight excluding hydrogens is 316 g/mol. The van der Waals surface area contributed by atoms with E-state index in [0.29, 0.717) is 18.5 Å². The standard InChI is InChI=1S/C19H34N4O2/c1-21(17-5-3-2-4-6-17)18(24)15-22-11-13-23(14-12-22)19(25)16-7-9-20-10-8-16/h16-17,20H,2-15H2,1H3. The predicted molar refractivity (Wildman–Crippen MR) is 98.3 cm³/mol. The van der Waals surface area contributed by atoms with Crippen LogP contribution in [0.4, 0.5) is 0 Å². The Morgan fingerprint density at radius 3 is 2.24 bits per heavy atom. The number of amides is 2. The second-order valence-electron chi connectivity index (χ2n) is 7.92. The molecule has 0 atom stereocenters. The Labute approximate surface area is 151 Å². The van der Waals surface area contributed by atoms with Gasteiger partial charge in [-0.1, -0.05) is 19.3 Å². The molecule has 6 nitrogen and oxygen atoms in total. The van der Waals surface area contributed by atoms with E-state index in [0.717, 1.165) is 65.0 Å². The molecule has 3 aliphatic rings. The van der Waals surface area contributed by atoms with Gasteiger partial charge in [0.2, 0.25) is 11.8 Å². The lowest BCUT2D eigenvalue weighted by Gasteiger charge is -2.38. The van der Waals surface area contributed by atoms with Gasteiger partial charge in [0, 0.05) is 45.2 Å². The van der Waals surface area contributed by atoms with Gasteiger partial charge in [0.05, 0.1) is 6.54 Å². The number of hydrogen-bond donors (Lipinski definition) is 1. The van der Waals surface area contributed by atoms with Gasteiger partial charge in [-0.25, -0.2) is 0 Å². The summed E-state index contributed by atoms with van der Waals surface area (Å²) in [5, 5.41) is 3.32. The number of nitrogens with zero attached hydrogens (tertiary/aromatic N) is 3. The molecule has 0 aromatic heterocycles. The Morgan fingerprint density at radius 1 is 0.960 bits per heavy atom. The second-order valence-corrected chi connectivity index (χ2v) is 7.92. The van der Waals surface area contributed by atoms with Crippen molar-refractivity contribution < 1.29 is 9.59 Å². The summed E-state index contributed by atoms with van der Waals surface area (Å²) in [7, 11) is 1.97. The molecule has 1 N–H and O–H groups in total.